The lowest BCUT2D eigenvalue weighted by molar-refractivity contribution is -0.138. The molecule has 0 spiro atoms. The first-order valence-corrected chi connectivity index (χ1v) is 5.67. The van der Waals surface area contributed by atoms with Crippen LogP contribution in [0.1, 0.15) is 17.8 Å². The second kappa shape index (κ2) is 5.46. The van der Waals surface area contributed by atoms with Gasteiger partial charge in [-0.1, -0.05) is 11.6 Å². The van der Waals surface area contributed by atoms with E-state index >= 15 is 0 Å². The van der Waals surface area contributed by atoms with Crippen molar-refractivity contribution in [1.82, 2.24) is 5.32 Å². The van der Waals surface area contributed by atoms with E-state index in [4.69, 9.17) is 22.4 Å². The highest BCUT2D eigenvalue weighted by atomic mass is 35.5. The number of carboxylic acid groups (broad SMARTS) is 1. The molecule has 4 N–H and O–H groups in total. The number of hydrogen-bond acceptors (Lipinski definition) is 4. The summed E-state index contributed by atoms with van der Waals surface area (Å²) < 4.78 is 0.723. The van der Waals surface area contributed by atoms with Gasteiger partial charge < -0.3 is 16.2 Å². The number of rotatable bonds is 5. The van der Waals surface area contributed by atoms with Gasteiger partial charge in [0.15, 0.2) is 0 Å². The average Bonchev–Trinajstić information content (AvgIpc) is 2.60. The Morgan fingerprint density at radius 3 is 2.87 bits per heavy atom. The van der Waals surface area contributed by atoms with Gasteiger partial charge in [-0.25, -0.2) is 0 Å². The first-order chi connectivity index (χ1) is 7.00. The second-order valence-electron chi connectivity index (χ2n) is 3.22. The van der Waals surface area contributed by atoms with Gasteiger partial charge >= 0.3 is 5.97 Å². The van der Waals surface area contributed by atoms with Crippen molar-refractivity contribution in [3.8, 4) is 0 Å². The molecule has 0 aliphatic heterocycles. The highest BCUT2D eigenvalue weighted by molar-refractivity contribution is 7.16. The van der Waals surface area contributed by atoms with Gasteiger partial charge in [0.05, 0.1) is 4.34 Å². The predicted molar refractivity (Wildman–Crippen MR) is 61.4 cm³/mol. The smallest absolute Gasteiger partial charge is 0.321 e. The van der Waals surface area contributed by atoms with Crippen LogP contribution in [0.15, 0.2) is 12.1 Å². The van der Waals surface area contributed by atoms with E-state index in [-0.39, 0.29) is 12.6 Å². The van der Waals surface area contributed by atoms with E-state index in [0.717, 1.165) is 9.21 Å². The zero-order chi connectivity index (χ0) is 11.4. The first kappa shape index (κ1) is 12.4. The lowest BCUT2D eigenvalue weighted by Gasteiger charge is -2.13. The standard InChI is InChI=1S/C9H13ClN2O2S/c1-5(7-2-3-8(10)15-7)12-4-6(11)9(13)14/h2-3,5-6,12H,4,11H2,1H3,(H,13,14). The molecule has 0 aliphatic rings. The Morgan fingerprint density at radius 2 is 2.40 bits per heavy atom. The molecule has 0 aliphatic carbocycles. The monoisotopic (exact) mass is 248 g/mol. The molecule has 0 radical (unpaired) electrons. The number of aliphatic carboxylic acids is 1. The number of nitrogens with one attached hydrogen (secondary N) is 1. The molecule has 0 saturated carbocycles. The molecule has 84 valence electrons. The van der Waals surface area contributed by atoms with Gasteiger partial charge in [0.2, 0.25) is 0 Å². The largest absolute Gasteiger partial charge is 0.480 e. The van der Waals surface area contributed by atoms with Crippen molar-refractivity contribution >= 4 is 28.9 Å². The summed E-state index contributed by atoms with van der Waals surface area (Å²) in [5, 5.41) is 11.6. The average molecular weight is 249 g/mol. The first-order valence-electron chi connectivity index (χ1n) is 4.47. The molecule has 0 amide bonds. The van der Waals surface area contributed by atoms with Crippen LogP contribution in [0, 0.1) is 0 Å². The number of carbonyl (C=O) groups is 1. The fourth-order valence-electron chi connectivity index (χ4n) is 1.05. The summed E-state index contributed by atoms with van der Waals surface area (Å²) in [5.74, 6) is -1.00. The van der Waals surface area contributed by atoms with Crippen molar-refractivity contribution in [2.75, 3.05) is 6.54 Å². The third kappa shape index (κ3) is 3.79. The summed E-state index contributed by atoms with van der Waals surface area (Å²) in [4.78, 5) is 11.5. The number of carboxylic acids is 1. The molecular weight excluding hydrogens is 236 g/mol. The van der Waals surface area contributed by atoms with E-state index in [1.807, 2.05) is 19.1 Å². The minimum absolute atomic E-state index is 0.0629. The fourth-order valence-corrected chi connectivity index (χ4v) is 2.14. The summed E-state index contributed by atoms with van der Waals surface area (Å²) in [6, 6.07) is 2.92. The molecule has 2 unspecified atom stereocenters. The van der Waals surface area contributed by atoms with Crippen LogP contribution in [0.5, 0.6) is 0 Å². The van der Waals surface area contributed by atoms with E-state index < -0.39 is 12.0 Å². The van der Waals surface area contributed by atoms with Crippen LogP contribution in [0.2, 0.25) is 4.34 Å². The maximum absolute atomic E-state index is 10.5. The van der Waals surface area contributed by atoms with Crippen LogP contribution in [0.25, 0.3) is 0 Å². The molecule has 0 fully saturated rings. The molecule has 1 aromatic rings. The number of hydrogen-bond donors (Lipinski definition) is 3. The van der Waals surface area contributed by atoms with Crippen molar-refractivity contribution in [3.05, 3.63) is 21.3 Å². The van der Waals surface area contributed by atoms with Crippen LogP contribution in [-0.2, 0) is 4.79 Å². The maximum atomic E-state index is 10.5. The third-order valence-electron chi connectivity index (χ3n) is 1.98. The molecule has 0 saturated heterocycles. The van der Waals surface area contributed by atoms with Gasteiger partial charge in [0.25, 0.3) is 0 Å². The third-order valence-corrected chi connectivity index (χ3v) is 3.40. The van der Waals surface area contributed by atoms with E-state index in [0.29, 0.717) is 0 Å². The molecule has 1 heterocycles. The van der Waals surface area contributed by atoms with Crippen LogP contribution in [0.3, 0.4) is 0 Å². The van der Waals surface area contributed by atoms with Gasteiger partial charge in [0.1, 0.15) is 6.04 Å². The molecule has 6 heteroatoms. The van der Waals surface area contributed by atoms with Crippen molar-refractivity contribution in [1.29, 1.82) is 0 Å². The van der Waals surface area contributed by atoms with Crippen molar-refractivity contribution in [2.24, 2.45) is 5.73 Å². The Labute approximate surface area is 97.0 Å². The van der Waals surface area contributed by atoms with Crippen LogP contribution >= 0.6 is 22.9 Å². The predicted octanol–water partition coefficient (Wildman–Crippen LogP) is 1.46. The van der Waals surface area contributed by atoms with Crippen molar-refractivity contribution in [3.63, 3.8) is 0 Å². The van der Waals surface area contributed by atoms with Gasteiger partial charge in [-0.2, -0.15) is 0 Å². The lowest BCUT2D eigenvalue weighted by atomic mass is 10.2. The quantitative estimate of drug-likeness (QED) is 0.738. The molecule has 4 nitrogen and oxygen atoms in total. The second-order valence-corrected chi connectivity index (χ2v) is 4.96. The Kier molecular flexibility index (Phi) is 4.53. The minimum atomic E-state index is -1.00. The molecule has 0 aromatic carbocycles. The van der Waals surface area contributed by atoms with Crippen LogP contribution in [0.4, 0.5) is 0 Å². The van der Waals surface area contributed by atoms with Gasteiger partial charge in [-0.3, -0.25) is 4.79 Å². The Balaban J connectivity index is 2.43. The number of nitrogens with two attached hydrogens (primary N) is 1. The molecule has 2 atom stereocenters. The molecular formula is C9H13ClN2O2S. The van der Waals surface area contributed by atoms with Crippen molar-refractivity contribution in [2.45, 2.75) is 19.0 Å². The Hall–Kier alpha value is -0.620. The lowest BCUT2D eigenvalue weighted by Crippen LogP contribution is -2.40. The highest BCUT2D eigenvalue weighted by Gasteiger charge is 2.14. The van der Waals surface area contributed by atoms with E-state index in [1.54, 1.807) is 0 Å². The fraction of sp³-hybridized carbons (Fsp3) is 0.444. The van der Waals surface area contributed by atoms with Crippen LogP contribution < -0.4 is 11.1 Å². The maximum Gasteiger partial charge on any atom is 0.321 e. The number of halogens is 1. The molecule has 0 bridgehead atoms. The van der Waals surface area contributed by atoms with Crippen molar-refractivity contribution < 1.29 is 9.90 Å². The van der Waals surface area contributed by atoms with Gasteiger partial charge in [-0.15, -0.1) is 11.3 Å². The van der Waals surface area contributed by atoms with Gasteiger partial charge in [-0.05, 0) is 19.1 Å². The van der Waals surface area contributed by atoms with Crippen LogP contribution in [-0.4, -0.2) is 23.7 Å². The van der Waals surface area contributed by atoms with Gasteiger partial charge in [0, 0.05) is 17.5 Å². The summed E-state index contributed by atoms with van der Waals surface area (Å²) >= 11 is 7.26. The summed E-state index contributed by atoms with van der Waals surface area (Å²) in [5.41, 5.74) is 5.36. The van der Waals surface area contributed by atoms with E-state index in [1.165, 1.54) is 11.3 Å². The minimum Gasteiger partial charge on any atom is -0.480 e. The molecule has 15 heavy (non-hydrogen) atoms. The summed E-state index contributed by atoms with van der Waals surface area (Å²) in [6.07, 6.45) is 0. The Bertz CT molecular complexity index is 343. The normalized spacial score (nSPS) is 14.9. The number of thiophene rings is 1. The van der Waals surface area contributed by atoms with E-state index in [2.05, 4.69) is 5.32 Å². The topological polar surface area (TPSA) is 75.3 Å². The summed E-state index contributed by atoms with van der Waals surface area (Å²) in [7, 11) is 0. The Morgan fingerprint density at radius 1 is 1.73 bits per heavy atom. The summed E-state index contributed by atoms with van der Waals surface area (Å²) in [6.45, 7) is 2.18. The van der Waals surface area contributed by atoms with E-state index in [9.17, 15) is 4.79 Å². The zero-order valence-electron chi connectivity index (χ0n) is 8.24. The molecule has 1 rings (SSSR count). The molecule has 1 aromatic heterocycles. The zero-order valence-corrected chi connectivity index (χ0v) is 9.81. The SMILES string of the molecule is CC(NCC(N)C(=O)O)c1ccc(Cl)s1. The highest BCUT2D eigenvalue weighted by Crippen LogP contribution is 2.26.